The van der Waals surface area contributed by atoms with Crippen molar-refractivity contribution in [2.24, 2.45) is 5.92 Å². The van der Waals surface area contributed by atoms with Crippen molar-refractivity contribution in [3.63, 3.8) is 0 Å². The molecule has 27 heavy (non-hydrogen) atoms. The summed E-state index contributed by atoms with van der Waals surface area (Å²) in [5.41, 5.74) is 10.5. The number of hydrazine groups is 2. The fraction of sp³-hybridized carbons (Fsp3) is 0.545. The third-order valence-electron chi connectivity index (χ3n) is 5.58. The molecule has 0 amide bonds. The maximum absolute atomic E-state index is 3.79. The molecule has 2 unspecified atom stereocenters. The van der Waals surface area contributed by atoms with Crippen LogP contribution in [0.2, 0.25) is 0 Å². The molecule has 0 radical (unpaired) electrons. The van der Waals surface area contributed by atoms with Gasteiger partial charge in [0.25, 0.3) is 0 Å². The quantitative estimate of drug-likeness (QED) is 0.719. The molecule has 4 rings (SSSR count). The van der Waals surface area contributed by atoms with Crippen LogP contribution in [0.15, 0.2) is 35.2 Å². The fourth-order valence-corrected chi connectivity index (χ4v) is 5.38. The van der Waals surface area contributed by atoms with Gasteiger partial charge in [-0.15, -0.1) is 0 Å². The number of hydrogen-bond acceptors (Lipinski definition) is 5. The van der Waals surface area contributed by atoms with E-state index < -0.39 is 0 Å². The van der Waals surface area contributed by atoms with E-state index in [0.717, 1.165) is 0 Å². The summed E-state index contributed by atoms with van der Waals surface area (Å²) in [7, 11) is 0. The van der Waals surface area contributed by atoms with Gasteiger partial charge in [0.2, 0.25) is 0 Å². The first-order valence-corrected chi connectivity index (χ1v) is 11.2. The predicted octanol–water partition coefficient (Wildman–Crippen LogP) is 5.41. The van der Waals surface area contributed by atoms with Crippen LogP contribution in [-0.2, 0) is 6.42 Å². The number of anilines is 1. The number of nitrogens with zero attached hydrogens (tertiary/aromatic N) is 2. The molecule has 0 aromatic heterocycles. The van der Waals surface area contributed by atoms with Crippen LogP contribution in [0.5, 0.6) is 0 Å². The van der Waals surface area contributed by atoms with Crippen LogP contribution in [0.3, 0.4) is 0 Å². The maximum Gasteiger partial charge on any atom is 0.147 e. The minimum absolute atomic E-state index is 0.270. The van der Waals surface area contributed by atoms with Gasteiger partial charge in [-0.3, -0.25) is 0 Å². The zero-order valence-corrected chi connectivity index (χ0v) is 17.9. The monoisotopic (exact) mass is 384 g/mol. The predicted molar refractivity (Wildman–Crippen MR) is 116 cm³/mol. The molecule has 1 fully saturated rings. The Morgan fingerprint density at radius 1 is 1.11 bits per heavy atom. The zero-order valence-electron chi connectivity index (χ0n) is 17.1. The van der Waals surface area contributed by atoms with Crippen molar-refractivity contribution in [1.29, 1.82) is 0 Å². The van der Waals surface area contributed by atoms with Crippen LogP contribution in [-0.4, -0.2) is 27.7 Å². The van der Waals surface area contributed by atoms with E-state index in [0.29, 0.717) is 12.0 Å². The van der Waals surface area contributed by atoms with Gasteiger partial charge in [-0.1, -0.05) is 63.2 Å². The van der Waals surface area contributed by atoms with E-state index >= 15 is 0 Å². The number of rotatable bonds is 5. The molecule has 2 atom stereocenters. The summed E-state index contributed by atoms with van der Waals surface area (Å²) in [4.78, 5) is 1.34. The summed E-state index contributed by atoms with van der Waals surface area (Å²) >= 11 is 1.94. The standard InChI is InChI=1S/C22H32N4S/c1-6-7-8-16-9-11-18-17(13-16)10-12-19-20(18)23-26-21(14(2)3)24-25(15(4)5)22(26)27-19/h9-15,21-24H,6-8H2,1-5H3. The highest BCUT2D eigenvalue weighted by atomic mass is 32.2. The Labute approximate surface area is 167 Å². The number of fused-ring (bicyclic) bond motifs is 4. The number of benzene rings is 2. The maximum atomic E-state index is 3.79. The molecule has 2 aromatic carbocycles. The molecular weight excluding hydrogens is 352 g/mol. The molecule has 2 aromatic rings. The highest BCUT2D eigenvalue weighted by Crippen LogP contribution is 2.45. The Bertz CT molecular complexity index is 819. The topological polar surface area (TPSA) is 30.5 Å². The molecule has 1 saturated heterocycles. The normalized spacial score (nSPS) is 23.1. The average Bonchev–Trinajstić information content (AvgIpc) is 3.03. The van der Waals surface area contributed by atoms with Gasteiger partial charge in [0, 0.05) is 16.3 Å². The molecule has 5 heteroatoms. The SMILES string of the molecule is CCCCc1ccc2c3c(ccc2c1)SC1N(C(C)C)NC(C(C)C)N1N3. The van der Waals surface area contributed by atoms with Gasteiger partial charge in [0.15, 0.2) is 0 Å². The third kappa shape index (κ3) is 3.46. The second kappa shape index (κ2) is 7.63. The first-order valence-electron chi connectivity index (χ1n) is 10.3. The summed E-state index contributed by atoms with van der Waals surface area (Å²) < 4.78 is 0. The Morgan fingerprint density at radius 3 is 2.63 bits per heavy atom. The Balaban J connectivity index is 1.70. The van der Waals surface area contributed by atoms with Crippen molar-refractivity contribution >= 4 is 28.2 Å². The number of hydrogen-bond donors (Lipinski definition) is 2. The Hall–Kier alpha value is -1.27. The summed E-state index contributed by atoms with van der Waals surface area (Å²) in [5.74, 6) is 0.515. The van der Waals surface area contributed by atoms with E-state index in [1.165, 1.54) is 46.2 Å². The molecule has 0 spiro atoms. The van der Waals surface area contributed by atoms with E-state index in [-0.39, 0.29) is 11.7 Å². The molecule has 2 heterocycles. The van der Waals surface area contributed by atoms with Crippen LogP contribution in [0.4, 0.5) is 5.69 Å². The number of unbranched alkanes of at least 4 members (excludes halogenated alkanes) is 1. The van der Waals surface area contributed by atoms with E-state index in [1.54, 1.807) is 0 Å². The summed E-state index contributed by atoms with van der Waals surface area (Å²) in [6.45, 7) is 11.3. The Morgan fingerprint density at radius 2 is 1.93 bits per heavy atom. The molecular formula is C22H32N4S. The number of thioether (sulfide) groups is 1. The van der Waals surface area contributed by atoms with Gasteiger partial charge in [-0.05, 0) is 49.6 Å². The lowest BCUT2D eigenvalue weighted by molar-refractivity contribution is 0.156. The van der Waals surface area contributed by atoms with E-state index in [2.05, 4.69) is 85.8 Å². The van der Waals surface area contributed by atoms with Gasteiger partial charge in [0.1, 0.15) is 5.50 Å². The van der Waals surface area contributed by atoms with Crippen LogP contribution in [0.25, 0.3) is 10.8 Å². The third-order valence-corrected chi connectivity index (χ3v) is 6.84. The smallest absolute Gasteiger partial charge is 0.147 e. The summed E-state index contributed by atoms with van der Waals surface area (Å²) in [6.07, 6.45) is 3.96. The second-order valence-corrected chi connectivity index (χ2v) is 9.48. The van der Waals surface area contributed by atoms with Crippen molar-refractivity contribution in [2.45, 2.75) is 76.5 Å². The van der Waals surface area contributed by atoms with Gasteiger partial charge >= 0.3 is 0 Å². The summed E-state index contributed by atoms with van der Waals surface area (Å²) in [5, 5.41) is 7.44. The molecule has 0 bridgehead atoms. The van der Waals surface area contributed by atoms with E-state index in [9.17, 15) is 0 Å². The lowest BCUT2D eigenvalue weighted by Gasteiger charge is -2.38. The molecule has 2 aliphatic heterocycles. The van der Waals surface area contributed by atoms with Crippen LogP contribution >= 0.6 is 11.8 Å². The van der Waals surface area contributed by atoms with Crippen molar-refractivity contribution in [1.82, 2.24) is 15.4 Å². The highest BCUT2D eigenvalue weighted by Gasteiger charge is 2.45. The molecule has 146 valence electrons. The van der Waals surface area contributed by atoms with E-state index in [4.69, 9.17) is 0 Å². The van der Waals surface area contributed by atoms with Crippen molar-refractivity contribution in [3.8, 4) is 0 Å². The fourth-order valence-electron chi connectivity index (χ4n) is 4.01. The van der Waals surface area contributed by atoms with Crippen LogP contribution in [0, 0.1) is 5.92 Å². The lowest BCUT2D eigenvalue weighted by atomic mass is 10.0. The van der Waals surface area contributed by atoms with Gasteiger partial charge < -0.3 is 5.43 Å². The van der Waals surface area contributed by atoms with Crippen LogP contribution < -0.4 is 10.9 Å². The molecule has 2 aliphatic rings. The Kier molecular flexibility index (Phi) is 5.39. The first-order chi connectivity index (χ1) is 13.0. The molecule has 2 N–H and O–H groups in total. The first kappa shape index (κ1) is 19.1. The van der Waals surface area contributed by atoms with Gasteiger partial charge in [0.05, 0.1) is 11.9 Å². The minimum Gasteiger partial charge on any atom is -0.313 e. The highest BCUT2D eigenvalue weighted by molar-refractivity contribution is 8.00. The number of nitrogens with one attached hydrogen (secondary N) is 2. The van der Waals surface area contributed by atoms with E-state index in [1.807, 2.05) is 11.8 Å². The van der Waals surface area contributed by atoms with Crippen molar-refractivity contribution in [2.75, 3.05) is 5.43 Å². The van der Waals surface area contributed by atoms with Crippen LogP contribution in [0.1, 0.15) is 53.0 Å². The molecule has 0 aliphatic carbocycles. The lowest BCUT2D eigenvalue weighted by Crippen LogP contribution is -2.47. The molecule has 4 nitrogen and oxygen atoms in total. The number of aryl methyl sites for hydroxylation is 1. The zero-order chi connectivity index (χ0) is 19.1. The molecule has 0 saturated carbocycles. The average molecular weight is 385 g/mol. The van der Waals surface area contributed by atoms with Crippen molar-refractivity contribution in [3.05, 3.63) is 35.9 Å². The van der Waals surface area contributed by atoms with Crippen molar-refractivity contribution < 1.29 is 0 Å². The largest absolute Gasteiger partial charge is 0.313 e. The summed E-state index contributed by atoms with van der Waals surface area (Å²) in [6, 6.07) is 12.0. The van der Waals surface area contributed by atoms with Gasteiger partial charge in [-0.25, -0.2) is 10.4 Å². The van der Waals surface area contributed by atoms with Gasteiger partial charge in [-0.2, -0.15) is 5.01 Å². The second-order valence-electron chi connectivity index (χ2n) is 8.38. The minimum atomic E-state index is 0.270.